The number of carbonyl (C=O) groups excluding carboxylic acids is 3. The van der Waals surface area contributed by atoms with E-state index in [1.165, 1.54) is 36.8 Å². The molecule has 0 saturated carbocycles. The second-order valence-electron chi connectivity index (χ2n) is 8.82. The summed E-state index contributed by atoms with van der Waals surface area (Å²) < 4.78 is 12.9. The second-order valence-corrected chi connectivity index (χ2v) is 8.82. The van der Waals surface area contributed by atoms with Gasteiger partial charge in [0.2, 0.25) is 11.8 Å². The number of allylic oxidation sites excluding steroid dienone is 2. The van der Waals surface area contributed by atoms with Crippen LogP contribution in [0.5, 0.6) is 0 Å². The van der Waals surface area contributed by atoms with Gasteiger partial charge in [-0.25, -0.2) is 4.39 Å². The van der Waals surface area contributed by atoms with Gasteiger partial charge < -0.3 is 16.4 Å². The molecule has 1 aromatic carbocycles. The lowest BCUT2D eigenvalue weighted by Crippen LogP contribution is -2.63. The third-order valence-electron chi connectivity index (χ3n) is 6.54. The van der Waals surface area contributed by atoms with Gasteiger partial charge in [0.05, 0.1) is 0 Å². The fraction of sp³-hybridized carbons (Fsp3) is 0.500. The number of nitrogens with zero attached hydrogens (tertiary/aromatic N) is 2. The largest absolute Gasteiger partial charge is 0.368 e. The van der Waals surface area contributed by atoms with Crippen molar-refractivity contribution in [1.82, 2.24) is 9.80 Å². The number of nitrogens with two attached hydrogens (primary N) is 2. The van der Waals surface area contributed by atoms with E-state index in [-0.39, 0.29) is 17.5 Å². The summed E-state index contributed by atoms with van der Waals surface area (Å²) in [7, 11) is 0. The molecule has 0 radical (unpaired) electrons. The zero-order valence-electron chi connectivity index (χ0n) is 19.9. The van der Waals surface area contributed by atoms with Gasteiger partial charge in [0, 0.05) is 31.1 Å². The Hall–Kier alpha value is -2.84. The maximum atomic E-state index is 12.9. The van der Waals surface area contributed by atoms with Crippen LogP contribution in [0.1, 0.15) is 55.3 Å². The van der Waals surface area contributed by atoms with E-state index < -0.39 is 11.4 Å². The van der Waals surface area contributed by atoms with Crippen LogP contribution in [0.2, 0.25) is 0 Å². The van der Waals surface area contributed by atoms with E-state index in [0.717, 1.165) is 64.8 Å². The van der Waals surface area contributed by atoms with Crippen LogP contribution in [0, 0.1) is 5.82 Å². The summed E-state index contributed by atoms with van der Waals surface area (Å²) in [5, 5.41) is 0. The van der Waals surface area contributed by atoms with E-state index >= 15 is 0 Å². The van der Waals surface area contributed by atoms with Crippen LogP contribution in [0.15, 0.2) is 49.1 Å². The molecule has 0 spiro atoms. The molecule has 0 aliphatic carbocycles. The quantitative estimate of drug-likeness (QED) is 0.326. The molecule has 34 heavy (non-hydrogen) atoms. The Kier molecular flexibility index (Phi) is 11.1. The molecule has 0 bridgehead atoms. The van der Waals surface area contributed by atoms with Crippen LogP contribution in [-0.4, -0.2) is 65.7 Å². The van der Waals surface area contributed by atoms with Crippen molar-refractivity contribution in [2.45, 2.75) is 50.5 Å². The standard InChI is InChI=1S/C21H30FN3O2.C5H7NO/c22-18-8-6-17(7-9-18)19(26)5-4-12-24-15-10-21(11-16-24,20(23)27)25-13-2-1-3-14-25;1-2-3-4-5(6)7/h6-9H,1-5,10-16H2,(H2,23,27);2-4H,1H2,(H2,6,7)/b;4-3+. The number of likely N-dealkylation sites (tertiary alicyclic amines) is 2. The van der Waals surface area contributed by atoms with Crippen LogP contribution in [0.3, 0.4) is 0 Å². The zero-order chi connectivity index (χ0) is 25.0. The van der Waals surface area contributed by atoms with Crippen molar-refractivity contribution in [2.24, 2.45) is 11.5 Å². The molecule has 4 N–H and O–H groups in total. The Morgan fingerprint density at radius 2 is 1.62 bits per heavy atom. The Morgan fingerprint density at radius 1 is 1.00 bits per heavy atom. The molecule has 0 atom stereocenters. The van der Waals surface area contributed by atoms with E-state index in [9.17, 15) is 18.8 Å². The van der Waals surface area contributed by atoms with Crippen molar-refractivity contribution < 1.29 is 18.8 Å². The number of halogens is 1. The number of piperidine rings is 2. The number of primary amides is 2. The molecule has 2 saturated heterocycles. The SMILES string of the molecule is C=C/C=C/C(N)=O.NC(=O)C1(N2CCCCC2)CCN(CCCC(=O)c2ccc(F)cc2)CC1. The predicted octanol–water partition coefficient (Wildman–Crippen LogP) is 2.81. The predicted molar refractivity (Wildman–Crippen MR) is 132 cm³/mol. The van der Waals surface area contributed by atoms with Crippen molar-refractivity contribution in [3.05, 3.63) is 60.5 Å². The molecule has 3 rings (SSSR count). The Bertz CT molecular complexity index is 855. The molecule has 186 valence electrons. The highest BCUT2D eigenvalue weighted by Crippen LogP contribution is 2.31. The Labute approximate surface area is 201 Å². The first-order valence-corrected chi connectivity index (χ1v) is 11.9. The van der Waals surface area contributed by atoms with Crippen molar-refractivity contribution in [2.75, 3.05) is 32.7 Å². The van der Waals surface area contributed by atoms with Crippen molar-refractivity contribution in [3.63, 3.8) is 0 Å². The normalized spacial score (nSPS) is 18.6. The highest BCUT2D eigenvalue weighted by Gasteiger charge is 2.44. The van der Waals surface area contributed by atoms with Gasteiger partial charge >= 0.3 is 0 Å². The van der Waals surface area contributed by atoms with E-state index in [0.29, 0.717) is 12.0 Å². The summed E-state index contributed by atoms with van der Waals surface area (Å²) in [6, 6.07) is 5.72. The summed E-state index contributed by atoms with van der Waals surface area (Å²) in [4.78, 5) is 38.9. The third kappa shape index (κ3) is 8.18. The lowest BCUT2D eigenvalue weighted by molar-refractivity contribution is -0.135. The van der Waals surface area contributed by atoms with Gasteiger partial charge in [-0.2, -0.15) is 0 Å². The smallest absolute Gasteiger partial charge is 0.241 e. The summed E-state index contributed by atoms with van der Waals surface area (Å²) in [5.41, 5.74) is 10.6. The topological polar surface area (TPSA) is 110 Å². The number of hydrogen-bond acceptors (Lipinski definition) is 5. The molecule has 8 heteroatoms. The third-order valence-corrected chi connectivity index (χ3v) is 6.54. The van der Waals surface area contributed by atoms with E-state index in [4.69, 9.17) is 11.5 Å². The number of hydrogen-bond donors (Lipinski definition) is 2. The van der Waals surface area contributed by atoms with Gasteiger partial charge in [-0.05, 0) is 76.0 Å². The van der Waals surface area contributed by atoms with Crippen molar-refractivity contribution in [1.29, 1.82) is 0 Å². The van der Waals surface area contributed by atoms with Gasteiger partial charge in [0.25, 0.3) is 0 Å². The summed E-state index contributed by atoms with van der Waals surface area (Å²) in [5.74, 6) is -0.909. The number of Topliss-reactive ketones (excluding diaryl/α,β-unsaturated/α-hetero) is 1. The first-order valence-electron chi connectivity index (χ1n) is 11.9. The van der Waals surface area contributed by atoms with Crippen LogP contribution in [0.25, 0.3) is 0 Å². The second kappa shape index (κ2) is 13.8. The summed E-state index contributed by atoms with van der Waals surface area (Å²) in [6.45, 7) is 7.78. The molecular weight excluding hydrogens is 435 g/mol. The van der Waals surface area contributed by atoms with Gasteiger partial charge in [0.1, 0.15) is 11.4 Å². The Balaban J connectivity index is 0.000000509. The lowest BCUT2D eigenvalue weighted by atomic mass is 9.83. The minimum atomic E-state index is -0.485. The molecule has 2 aliphatic heterocycles. The first kappa shape index (κ1) is 27.4. The molecule has 2 aliphatic rings. The maximum Gasteiger partial charge on any atom is 0.241 e. The number of ketones is 1. The number of carbonyl (C=O) groups is 3. The van der Waals surface area contributed by atoms with E-state index in [1.807, 2.05) is 0 Å². The summed E-state index contributed by atoms with van der Waals surface area (Å²) in [6.07, 6.45) is 10.5. The number of rotatable bonds is 9. The monoisotopic (exact) mass is 472 g/mol. The van der Waals surface area contributed by atoms with E-state index in [2.05, 4.69) is 16.4 Å². The lowest BCUT2D eigenvalue weighted by Gasteiger charge is -2.48. The van der Waals surface area contributed by atoms with Crippen LogP contribution >= 0.6 is 0 Å². The molecule has 2 heterocycles. The molecule has 2 amide bonds. The highest BCUT2D eigenvalue weighted by atomic mass is 19.1. The van der Waals surface area contributed by atoms with Crippen LogP contribution in [0.4, 0.5) is 4.39 Å². The molecule has 0 aromatic heterocycles. The summed E-state index contributed by atoms with van der Waals surface area (Å²) >= 11 is 0. The highest BCUT2D eigenvalue weighted by molar-refractivity contribution is 5.96. The molecular formula is C26H37FN4O3. The van der Waals surface area contributed by atoms with E-state index in [1.54, 1.807) is 12.1 Å². The average molecular weight is 473 g/mol. The maximum absolute atomic E-state index is 12.9. The fourth-order valence-corrected chi connectivity index (χ4v) is 4.59. The van der Waals surface area contributed by atoms with Gasteiger partial charge in [0.15, 0.2) is 5.78 Å². The van der Waals surface area contributed by atoms with Crippen LogP contribution < -0.4 is 11.5 Å². The minimum Gasteiger partial charge on any atom is -0.368 e. The first-order chi connectivity index (χ1) is 16.3. The van der Waals surface area contributed by atoms with Crippen molar-refractivity contribution in [3.8, 4) is 0 Å². The van der Waals surface area contributed by atoms with Gasteiger partial charge in [-0.3, -0.25) is 19.3 Å². The Morgan fingerprint density at radius 3 is 2.12 bits per heavy atom. The molecule has 1 aromatic rings. The molecule has 7 nitrogen and oxygen atoms in total. The van der Waals surface area contributed by atoms with Crippen LogP contribution in [-0.2, 0) is 9.59 Å². The molecule has 2 fully saturated rings. The fourth-order valence-electron chi connectivity index (χ4n) is 4.59. The van der Waals surface area contributed by atoms with Gasteiger partial charge in [-0.15, -0.1) is 0 Å². The number of benzene rings is 1. The minimum absolute atomic E-state index is 0.0480. The van der Waals surface area contributed by atoms with Gasteiger partial charge in [-0.1, -0.05) is 25.2 Å². The zero-order valence-corrected chi connectivity index (χ0v) is 19.9. The number of amides is 2. The molecule has 0 unspecified atom stereocenters. The average Bonchev–Trinajstić information content (AvgIpc) is 2.84. The van der Waals surface area contributed by atoms with Crippen molar-refractivity contribution >= 4 is 17.6 Å².